The number of cyclic esters (lactones) is 1. The average molecular weight is 396 g/mol. The molecule has 0 saturated carbocycles. The second kappa shape index (κ2) is 8.74. The van der Waals surface area contributed by atoms with Crippen molar-refractivity contribution in [2.24, 2.45) is 0 Å². The minimum absolute atomic E-state index is 0.308. The maximum absolute atomic E-state index is 13.8. The first-order valence-corrected chi connectivity index (χ1v) is 11.1. The SMILES string of the molecule is CCOP(=O)(OCC)C1(CN2CCOC2=O)CCN(Cc2ccccc2)C1. The lowest BCUT2D eigenvalue weighted by molar-refractivity contribution is 0.148. The summed E-state index contributed by atoms with van der Waals surface area (Å²) in [5.41, 5.74) is 1.21. The second-order valence-corrected chi connectivity index (χ2v) is 9.50. The summed E-state index contributed by atoms with van der Waals surface area (Å²) in [6, 6.07) is 10.2. The predicted octanol–water partition coefficient (Wildman–Crippen LogP) is 3.35. The molecule has 1 aromatic carbocycles. The number of rotatable bonds is 9. The summed E-state index contributed by atoms with van der Waals surface area (Å²) >= 11 is 0. The number of nitrogens with zero attached hydrogens (tertiary/aromatic N) is 2. The zero-order chi connectivity index (χ0) is 19.3. The average Bonchev–Trinajstić information content (AvgIpc) is 3.24. The van der Waals surface area contributed by atoms with Gasteiger partial charge in [-0.25, -0.2) is 4.79 Å². The molecule has 0 N–H and O–H groups in total. The largest absolute Gasteiger partial charge is 0.448 e. The van der Waals surface area contributed by atoms with Crippen LogP contribution in [0, 0.1) is 0 Å². The van der Waals surface area contributed by atoms with E-state index in [1.54, 1.807) is 4.90 Å². The number of likely N-dealkylation sites (tertiary alicyclic amines) is 1. The number of hydrogen-bond acceptors (Lipinski definition) is 6. The Kier molecular flexibility index (Phi) is 6.58. The van der Waals surface area contributed by atoms with Gasteiger partial charge in [-0.2, -0.15) is 0 Å². The van der Waals surface area contributed by atoms with E-state index < -0.39 is 12.8 Å². The fraction of sp³-hybridized carbons (Fsp3) is 0.632. The Hall–Kier alpha value is -1.40. The number of carbonyl (C=O) groups excluding carboxylic acids is 1. The van der Waals surface area contributed by atoms with Crippen LogP contribution in [0.25, 0.3) is 0 Å². The van der Waals surface area contributed by atoms with Crippen LogP contribution in [0.15, 0.2) is 30.3 Å². The van der Waals surface area contributed by atoms with Crippen molar-refractivity contribution in [1.29, 1.82) is 0 Å². The van der Waals surface area contributed by atoms with Gasteiger partial charge >= 0.3 is 13.7 Å². The third-order valence-corrected chi connectivity index (χ3v) is 8.03. The van der Waals surface area contributed by atoms with E-state index in [-0.39, 0.29) is 6.09 Å². The number of carbonyl (C=O) groups is 1. The third-order valence-electron chi connectivity index (χ3n) is 5.17. The molecule has 2 saturated heterocycles. The monoisotopic (exact) mass is 396 g/mol. The molecule has 0 aromatic heterocycles. The Labute approximate surface area is 161 Å². The van der Waals surface area contributed by atoms with Crippen LogP contribution in [0.1, 0.15) is 25.8 Å². The molecule has 0 aliphatic carbocycles. The highest BCUT2D eigenvalue weighted by atomic mass is 31.2. The van der Waals surface area contributed by atoms with Crippen molar-refractivity contribution in [3.8, 4) is 0 Å². The molecule has 2 fully saturated rings. The van der Waals surface area contributed by atoms with Gasteiger partial charge in [-0.3, -0.25) is 9.46 Å². The van der Waals surface area contributed by atoms with Crippen molar-refractivity contribution in [3.63, 3.8) is 0 Å². The highest BCUT2D eigenvalue weighted by molar-refractivity contribution is 7.55. The van der Waals surface area contributed by atoms with Crippen LogP contribution < -0.4 is 0 Å². The van der Waals surface area contributed by atoms with Gasteiger partial charge in [0.15, 0.2) is 0 Å². The summed E-state index contributed by atoms with van der Waals surface area (Å²) in [5, 5.41) is -0.739. The highest BCUT2D eigenvalue weighted by Crippen LogP contribution is 2.63. The van der Waals surface area contributed by atoms with Gasteiger partial charge in [0.2, 0.25) is 0 Å². The fourth-order valence-corrected chi connectivity index (χ4v) is 6.33. The normalized spacial score (nSPS) is 23.8. The molecule has 1 amide bonds. The van der Waals surface area contributed by atoms with Gasteiger partial charge in [0.05, 0.1) is 19.8 Å². The van der Waals surface area contributed by atoms with E-state index in [2.05, 4.69) is 17.0 Å². The van der Waals surface area contributed by atoms with Gasteiger partial charge in [-0.15, -0.1) is 0 Å². The molecule has 0 bridgehead atoms. The first kappa shape index (κ1) is 20.3. The van der Waals surface area contributed by atoms with Crippen LogP contribution in [-0.4, -0.2) is 67.0 Å². The molecule has 0 spiro atoms. The molecular weight excluding hydrogens is 367 g/mol. The molecule has 0 radical (unpaired) electrons. The topological polar surface area (TPSA) is 68.3 Å². The summed E-state index contributed by atoms with van der Waals surface area (Å²) in [6.45, 7) is 7.57. The van der Waals surface area contributed by atoms with Gasteiger partial charge in [-0.1, -0.05) is 30.3 Å². The molecular formula is C19H29N2O5P. The van der Waals surface area contributed by atoms with Crippen LogP contribution in [0.5, 0.6) is 0 Å². The summed E-state index contributed by atoms with van der Waals surface area (Å²) in [4.78, 5) is 15.9. The zero-order valence-corrected chi connectivity index (χ0v) is 17.0. The first-order valence-electron chi connectivity index (χ1n) is 9.59. The van der Waals surface area contributed by atoms with Crippen LogP contribution in [0.3, 0.4) is 0 Å². The van der Waals surface area contributed by atoms with E-state index in [9.17, 15) is 9.36 Å². The van der Waals surface area contributed by atoms with Gasteiger partial charge in [0, 0.05) is 19.6 Å². The molecule has 7 nitrogen and oxygen atoms in total. The van der Waals surface area contributed by atoms with E-state index in [4.69, 9.17) is 13.8 Å². The lowest BCUT2D eigenvalue weighted by Crippen LogP contribution is -2.46. The molecule has 1 atom stereocenters. The van der Waals surface area contributed by atoms with Crippen molar-refractivity contribution < 1.29 is 23.1 Å². The highest BCUT2D eigenvalue weighted by Gasteiger charge is 2.56. The third kappa shape index (κ3) is 4.37. The van der Waals surface area contributed by atoms with E-state index in [0.29, 0.717) is 45.9 Å². The van der Waals surface area contributed by atoms with E-state index in [1.165, 1.54) is 5.56 Å². The lowest BCUT2D eigenvalue weighted by Gasteiger charge is -2.37. The number of amides is 1. The summed E-state index contributed by atoms with van der Waals surface area (Å²) in [7, 11) is -3.41. The Bertz CT molecular complexity index is 676. The standard InChI is InChI=1S/C19H29N2O5P/c1-3-25-27(23,26-4-2)19(16-21-12-13-24-18(21)22)10-11-20(15-19)14-17-8-6-5-7-9-17/h5-9H,3-4,10-16H2,1-2H3. The van der Waals surface area contributed by atoms with Crippen molar-refractivity contribution in [2.75, 3.05) is 46.0 Å². The van der Waals surface area contributed by atoms with Gasteiger partial charge in [0.1, 0.15) is 11.8 Å². The molecule has 1 aromatic rings. The second-order valence-electron chi connectivity index (χ2n) is 7.04. The summed E-state index contributed by atoms with van der Waals surface area (Å²) in [6.07, 6.45) is 0.302. The number of ether oxygens (including phenoxy) is 1. The van der Waals surface area contributed by atoms with Crippen LogP contribution in [-0.2, 0) is 24.9 Å². The zero-order valence-electron chi connectivity index (χ0n) is 16.1. The molecule has 2 aliphatic heterocycles. The Morgan fingerprint density at radius 3 is 2.44 bits per heavy atom. The van der Waals surface area contributed by atoms with Crippen molar-refractivity contribution >= 4 is 13.7 Å². The van der Waals surface area contributed by atoms with Gasteiger partial charge < -0.3 is 18.7 Å². The molecule has 3 rings (SSSR count). The van der Waals surface area contributed by atoms with Crippen molar-refractivity contribution in [2.45, 2.75) is 32.0 Å². The van der Waals surface area contributed by atoms with E-state index in [0.717, 1.165) is 13.1 Å². The first-order chi connectivity index (χ1) is 13.0. The van der Waals surface area contributed by atoms with Crippen molar-refractivity contribution in [1.82, 2.24) is 9.80 Å². The molecule has 2 aliphatic rings. The molecule has 1 unspecified atom stereocenters. The predicted molar refractivity (Wildman–Crippen MR) is 103 cm³/mol. The Morgan fingerprint density at radius 2 is 1.85 bits per heavy atom. The van der Waals surface area contributed by atoms with Crippen LogP contribution >= 0.6 is 7.60 Å². The Morgan fingerprint density at radius 1 is 1.15 bits per heavy atom. The van der Waals surface area contributed by atoms with E-state index in [1.807, 2.05) is 32.0 Å². The van der Waals surface area contributed by atoms with Crippen molar-refractivity contribution in [3.05, 3.63) is 35.9 Å². The lowest BCUT2D eigenvalue weighted by atomic mass is 10.1. The molecule has 27 heavy (non-hydrogen) atoms. The summed E-state index contributed by atoms with van der Waals surface area (Å²) < 4.78 is 30.3. The molecule has 8 heteroatoms. The number of hydrogen-bond donors (Lipinski definition) is 0. The minimum atomic E-state index is -3.41. The van der Waals surface area contributed by atoms with Gasteiger partial charge in [0.25, 0.3) is 0 Å². The number of benzene rings is 1. The fourth-order valence-electron chi connectivity index (χ4n) is 3.93. The van der Waals surface area contributed by atoms with Gasteiger partial charge in [-0.05, 0) is 32.4 Å². The maximum atomic E-state index is 13.8. The molecule has 150 valence electrons. The molecule has 2 heterocycles. The van der Waals surface area contributed by atoms with E-state index >= 15 is 0 Å². The minimum Gasteiger partial charge on any atom is -0.448 e. The Balaban J connectivity index is 1.84. The van der Waals surface area contributed by atoms with Crippen LogP contribution in [0.4, 0.5) is 4.79 Å². The summed E-state index contributed by atoms with van der Waals surface area (Å²) in [5.74, 6) is 0. The smallest absolute Gasteiger partial charge is 0.409 e. The maximum Gasteiger partial charge on any atom is 0.409 e. The van der Waals surface area contributed by atoms with Crippen LogP contribution in [0.2, 0.25) is 0 Å². The quantitative estimate of drug-likeness (QED) is 0.597.